The summed E-state index contributed by atoms with van der Waals surface area (Å²) in [6, 6.07) is 4.65. The first kappa shape index (κ1) is 37.7. The van der Waals surface area contributed by atoms with Crippen molar-refractivity contribution in [3.63, 3.8) is 0 Å². The zero-order chi connectivity index (χ0) is 31.9. The third kappa shape index (κ3) is 12.5. The number of carbonyl (C=O) groups is 1. The number of halogens is 2. The number of benzene rings is 1. The van der Waals surface area contributed by atoms with Crippen molar-refractivity contribution in [2.75, 3.05) is 39.8 Å². The number of hydrogen-bond donors (Lipinski definition) is 2. The average molecular weight is 589 g/mol. The molecular weight excluding hydrogens is 530 g/mol. The Bertz CT molecular complexity index is 1040. The summed E-state index contributed by atoms with van der Waals surface area (Å²) < 4.78 is 27.0. The van der Waals surface area contributed by atoms with Crippen LogP contribution in [0.25, 0.3) is 0 Å². The van der Waals surface area contributed by atoms with Crippen LogP contribution in [0.1, 0.15) is 89.0 Å². The molecule has 0 aromatic heterocycles. The molecule has 238 valence electrons. The smallest absolute Gasteiger partial charge is 0.209 e. The molecule has 1 aliphatic carbocycles. The maximum atomic E-state index is 13.9. The number of nitrogens with two attached hydrogens (primary N) is 1. The fourth-order valence-corrected chi connectivity index (χ4v) is 5.08. The second-order valence-electron chi connectivity index (χ2n) is 12.4. The van der Waals surface area contributed by atoms with E-state index in [4.69, 9.17) is 5.73 Å². The van der Waals surface area contributed by atoms with Crippen LogP contribution in [-0.2, 0) is 11.3 Å². The van der Waals surface area contributed by atoms with Gasteiger partial charge in [-0.25, -0.2) is 8.78 Å². The Morgan fingerprint density at radius 2 is 1.76 bits per heavy atom. The van der Waals surface area contributed by atoms with E-state index < -0.39 is 5.83 Å². The number of rotatable bonds is 10. The monoisotopic (exact) mass is 588 g/mol. The lowest BCUT2D eigenvalue weighted by Crippen LogP contribution is -2.39. The van der Waals surface area contributed by atoms with Crippen LogP contribution in [0.3, 0.4) is 0 Å². The minimum absolute atomic E-state index is 0.112. The minimum atomic E-state index is -0.518. The standard InChI is InChI=1S/C17H27N3O.C16H25F2N.C2H6/c1-13-9-16(11-19-6-5-18)17(10-14(13)2)15-3-7-20(12-21)8-4-15;1-12(9-10-19(5)16(2,3)4)14-8-6-7-13(17)11-15(14)18;1-2/h9-10,12,15,19H,3-8,11,18H2,1-2H3;6-8,11-12,14H,9-10H2,1-5H3;1-2H3. The number of piperidine rings is 1. The first-order valence-electron chi connectivity index (χ1n) is 15.7. The molecule has 1 heterocycles. The number of aryl methyl sites for hydroxylation is 2. The van der Waals surface area contributed by atoms with Crippen LogP contribution in [0.4, 0.5) is 8.78 Å². The summed E-state index contributed by atoms with van der Waals surface area (Å²) in [5.74, 6) is -0.506. The number of carbonyl (C=O) groups excluding carboxylic acids is 1. The van der Waals surface area contributed by atoms with E-state index in [1.807, 2.05) is 25.7 Å². The van der Waals surface area contributed by atoms with Gasteiger partial charge in [-0.2, -0.15) is 0 Å². The molecule has 1 aromatic rings. The van der Waals surface area contributed by atoms with Crippen LogP contribution in [0.2, 0.25) is 0 Å². The van der Waals surface area contributed by atoms with Gasteiger partial charge in [0.1, 0.15) is 11.7 Å². The molecule has 0 radical (unpaired) electrons. The van der Waals surface area contributed by atoms with Crippen LogP contribution in [0.15, 0.2) is 48.1 Å². The van der Waals surface area contributed by atoms with E-state index in [2.05, 4.69) is 64.0 Å². The molecule has 1 saturated heterocycles. The third-order valence-electron chi connectivity index (χ3n) is 8.36. The highest BCUT2D eigenvalue weighted by molar-refractivity contribution is 5.47. The zero-order valence-corrected chi connectivity index (χ0v) is 27.8. The Morgan fingerprint density at radius 1 is 1.14 bits per heavy atom. The van der Waals surface area contributed by atoms with Crippen LogP contribution >= 0.6 is 0 Å². The lowest BCUT2D eigenvalue weighted by molar-refractivity contribution is -0.119. The van der Waals surface area contributed by atoms with Crippen LogP contribution in [0, 0.1) is 25.7 Å². The molecule has 0 bridgehead atoms. The molecule has 0 saturated carbocycles. The first-order valence-corrected chi connectivity index (χ1v) is 15.7. The molecule has 5 nitrogen and oxygen atoms in total. The second kappa shape index (κ2) is 19.0. The Morgan fingerprint density at radius 3 is 2.33 bits per heavy atom. The van der Waals surface area contributed by atoms with E-state index in [1.54, 1.807) is 12.2 Å². The van der Waals surface area contributed by atoms with Crippen molar-refractivity contribution in [1.82, 2.24) is 15.1 Å². The number of likely N-dealkylation sites (tertiary alicyclic amines) is 1. The SMILES string of the molecule is CC.CC(CCN(C)C(C)(C)C)C1C=CC=C(F)C=C1F.Cc1cc(CNCCN)c(C2CCN(C=O)CC2)cc1C. The maximum absolute atomic E-state index is 13.9. The Labute approximate surface area is 255 Å². The first-order chi connectivity index (χ1) is 19.9. The van der Waals surface area contributed by atoms with Gasteiger partial charge in [-0.05, 0) is 108 Å². The van der Waals surface area contributed by atoms with Crippen molar-refractivity contribution in [1.29, 1.82) is 0 Å². The predicted octanol–water partition coefficient (Wildman–Crippen LogP) is 7.35. The number of amides is 1. The van der Waals surface area contributed by atoms with Gasteiger partial charge in [0.05, 0.1) is 0 Å². The quantitative estimate of drug-likeness (QED) is 0.222. The molecule has 7 heteroatoms. The van der Waals surface area contributed by atoms with Gasteiger partial charge in [0.25, 0.3) is 0 Å². The summed E-state index contributed by atoms with van der Waals surface area (Å²) in [6.45, 7) is 21.9. The Hall–Kier alpha value is -2.35. The minimum Gasteiger partial charge on any atom is -0.345 e. The van der Waals surface area contributed by atoms with Gasteiger partial charge in [0.15, 0.2) is 0 Å². The second-order valence-corrected chi connectivity index (χ2v) is 12.4. The van der Waals surface area contributed by atoms with Crippen molar-refractivity contribution in [3.05, 3.63) is 70.3 Å². The summed E-state index contributed by atoms with van der Waals surface area (Å²) in [5.41, 5.74) is 11.2. The van der Waals surface area contributed by atoms with Crippen molar-refractivity contribution in [2.45, 2.75) is 92.7 Å². The highest BCUT2D eigenvalue weighted by Crippen LogP contribution is 2.32. The fourth-order valence-electron chi connectivity index (χ4n) is 5.08. The van der Waals surface area contributed by atoms with Crippen molar-refractivity contribution >= 4 is 6.41 Å². The van der Waals surface area contributed by atoms with Gasteiger partial charge in [-0.15, -0.1) is 0 Å². The molecule has 1 fully saturated rings. The summed E-state index contributed by atoms with van der Waals surface area (Å²) in [5, 5.41) is 3.41. The fraction of sp³-hybridized carbons (Fsp3) is 0.629. The van der Waals surface area contributed by atoms with Gasteiger partial charge in [0, 0.05) is 50.3 Å². The van der Waals surface area contributed by atoms with Crippen LogP contribution < -0.4 is 11.1 Å². The number of nitrogens with zero attached hydrogens (tertiary/aromatic N) is 2. The van der Waals surface area contributed by atoms with Gasteiger partial charge < -0.3 is 20.9 Å². The maximum Gasteiger partial charge on any atom is 0.209 e. The molecule has 3 rings (SSSR count). The van der Waals surface area contributed by atoms with E-state index in [9.17, 15) is 13.6 Å². The van der Waals surface area contributed by atoms with Crippen molar-refractivity contribution in [3.8, 4) is 0 Å². The largest absolute Gasteiger partial charge is 0.345 e. The normalized spacial score (nSPS) is 18.2. The summed E-state index contributed by atoms with van der Waals surface area (Å²) >= 11 is 0. The van der Waals surface area contributed by atoms with Crippen LogP contribution in [-0.4, -0.2) is 61.5 Å². The molecular formula is C35H58F2N4O. The van der Waals surface area contributed by atoms with Gasteiger partial charge in [-0.1, -0.05) is 45.1 Å². The van der Waals surface area contributed by atoms with Crippen LogP contribution in [0.5, 0.6) is 0 Å². The lowest BCUT2D eigenvalue weighted by atomic mass is 9.84. The number of nitrogens with one attached hydrogen (secondary N) is 1. The van der Waals surface area contributed by atoms with Gasteiger partial charge in [0.2, 0.25) is 6.41 Å². The summed E-state index contributed by atoms with van der Waals surface area (Å²) in [4.78, 5) is 15.0. The molecule has 2 aliphatic rings. The molecule has 1 aromatic carbocycles. The van der Waals surface area contributed by atoms with E-state index in [0.717, 1.165) is 64.5 Å². The highest BCUT2D eigenvalue weighted by Gasteiger charge is 2.24. The average Bonchev–Trinajstić information content (AvgIpc) is 3.13. The van der Waals surface area contributed by atoms with E-state index >= 15 is 0 Å². The van der Waals surface area contributed by atoms with Crippen molar-refractivity contribution in [2.24, 2.45) is 17.6 Å². The zero-order valence-electron chi connectivity index (χ0n) is 27.8. The van der Waals surface area contributed by atoms with E-state index in [1.165, 1.54) is 28.3 Å². The van der Waals surface area contributed by atoms with Gasteiger partial charge >= 0.3 is 0 Å². The highest BCUT2D eigenvalue weighted by atomic mass is 19.1. The Balaban J connectivity index is 0.000000399. The molecule has 1 aliphatic heterocycles. The Kier molecular flexibility index (Phi) is 17.1. The third-order valence-corrected chi connectivity index (χ3v) is 8.36. The molecule has 42 heavy (non-hydrogen) atoms. The van der Waals surface area contributed by atoms with E-state index in [0.29, 0.717) is 12.5 Å². The lowest BCUT2D eigenvalue weighted by Gasteiger charge is -2.33. The summed E-state index contributed by atoms with van der Waals surface area (Å²) in [6.07, 6.45) is 9.62. The molecule has 2 atom stereocenters. The molecule has 0 spiro atoms. The predicted molar refractivity (Wildman–Crippen MR) is 175 cm³/mol. The molecule has 1 amide bonds. The molecule has 2 unspecified atom stereocenters. The summed E-state index contributed by atoms with van der Waals surface area (Å²) in [7, 11) is 2.07. The van der Waals surface area contributed by atoms with Crippen molar-refractivity contribution < 1.29 is 13.6 Å². The van der Waals surface area contributed by atoms with Gasteiger partial charge in [-0.3, -0.25) is 4.79 Å². The number of allylic oxidation sites excluding steroid dienone is 6. The number of hydrogen-bond acceptors (Lipinski definition) is 4. The molecule has 3 N–H and O–H groups in total. The topological polar surface area (TPSA) is 61.6 Å². The van der Waals surface area contributed by atoms with E-state index in [-0.39, 0.29) is 23.2 Å².